The molecule has 1 unspecified atom stereocenters. The first-order chi connectivity index (χ1) is 6.70. The van der Waals surface area contributed by atoms with E-state index in [0.717, 1.165) is 19.1 Å². The summed E-state index contributed by atoms with van der Waals surface area (Å²) >= 11 is 0. The highest BCUT2D eigenvalue weighted by molar-refractivity contribution is 4.76. The molecule has 2 heteroatoms. The molecule has 1 saturated carbocycles. The van der Waals surface area contributed by atoms with Gasteiger partial charge in [0, 0.05) is 12.6 Å². The fourth-order valence-corrected chi connectivity index (χ4v) is 2.14. The Morgan fingerprint density at radius 2 is 1.79 bits per heavy atom. The SMILES string of the molecule is CC(C)COCC(N)C1CCCCC1. The fourth-order valence-electron chi connectivity index (χ4n) is 2.14. The van der Waals surface area contributed by atoms with Crippen LogP contribution < -0.4 is 5.73 Å². The van der Waals surface area contributed by atoms with Gasteiger partial charge in [0.1, 0.15) is 0 Å². The first-order valence-electron chi connectivity index (χ1n) is 6.03. The van der Waals surface area contributed by atoms with Gasteiger partial charge in [-0.1, -0.05) is 33.1 Å². The van der Waals surface area contributed by atoms with Gasteiger partial charge in [-0.05, 0) is 24.7 Å². The molecule has 1 aliphatic carbocycles. The zero-order valence-electron chi connectivity index (χ0n) is 9.67. The van der Waals surface area contributed by atoms with Crippen LogP contribution in [0.2, 0.25) is 0 Å². The van der Waals surface area contributed by atoms with E-state index in [9.17, 15) is 0 Å². The molecule has 0 aliphatic heterocycles. The van der Waals surface area contributed by atoms with Crippen LogP contribution in [0, 0.1) is 11.8 Å². The molecule has 0 aromatic rings. The highest BCUT2D eigenvalue weighted by atomic mass is 16.5. The molecule has 0 amide bonds. The van der Waals surface area contributed by atoms with E-state index in [1.165, 1.54) is 32.1 Å². The van der Waals surface area contributed by atoms with Crippen molar-refractivity contribution in [2.75, 3.05) is 13.2 Å². The molecule has 0 aromatic carbocycles. The Bertz CT molecular complexity index is 141. The maximum atomic E-state index is 6.11. The number of rotatable bonds is 5. The van der Waals surface area contributed by atoms with Gasteiger partial charge in [-0.3, -0.25) is 0 Å². The van der Waals surface area contributed by atoms with Crippen molar-refractivity contribution in [2.45, 2.75) is 52.0 Å². The predicted octanol–water partition coefficient (Wildman–Crippen LogP) is 2.57. The van der Waals surface area contributed by atoms with Crippen LogP contribution in [0.1, 0.15) is 46.0 Å². The van der Waals surface area contributed by atoms with Crippen molar-refractivity contribution in [3.63, 3.8) is 0 Å². The summed E-state index contributed by atoms with van der Waals surface area (Å²) in [5.41, 5.74) is 6.11. The van der Waals surface area contributed by atoms with Crippen LogP contribution >= 0.6 is 0 Å². The Kier molecular flexibility index (Phi) is 5.49. The third-order valence-electron chi connectivity index (χ3n) is 3.02. The smallest absolute Gasteiger partial charge is 0.0620 e. The van der Waals surface area contributed by atoms with Crippen LogP contribution in [0.3, 0.4) is 0 Å². The lowest BCUT2D eigenvalue weighted by Gasteiger charge is -2.27. The lowest BCUT2D eigenvalue weighted by atomic mass is 9.84. The van der Waals surface area contributed by atoms with Crippen LogP contribution in [-0.4, -0.2) is 19.3 Å². The zero-order chi connectivity index (χ0) is 10.4. The topological polar surface area (TPSA) is 35.2 Å². The second kappa shape index (κ2) is 6.41. The van der Waals surface area contributed by atoms with Gasteiger partial charge in [0.05, 0.1) is 6.61 Å². The van der Waals surface area contributed by atoms with E-state index < -0.39 is 0 Å². The minimum Gasteiger partial charge on any atom is -0.380 e. The molecule has 0 aromatic heterocycles. The van der Waals surface area contributed by atoms with E-state index in [-0.39, 0.29) is 6.04 Å². The van der Waals surface area contributed by atoms with Gasteiger partial charge in [-0.25, -0.2) is 0 Å². The zero-order valence-corrected chi connectivity index (χ0v) is 9.67. The van der Waals surface area contributed by atoms with E-state index in [0.29, 0.717) is 5.92 Å². The molecule has 1 rings (SSSR count). The summed E-state index contributed by atoms with van der Waals surface area (Å²) < 4.78 is 5.59. The van der Waals surface area contributed by atoms with Crippen molar-refractivity contribution >= 4 is 0 Å². The minimum atomic E-state index is 0.272. The molecule has 1 atom stereocenters. The van der Waals surface area contributed by atoms with E-state index >= 15 is 0 Å². The Hall–Kier alpha value is -0.0800. The van der Waals surface area contributed by atoms with Crippen LogP contribution in [0.4, 0.5) is 0 Å². The van der Waals surface area contributed by atoms with Crippen molar-refractivity contribution < 1.29 is 4.74 Å². The monoisotopic (exact) mass is 199 g/mol. The van der Waals surface area contributed by atoms with Crippen molar-refractivity contribution in [1.29, 1.82) is 0 Å². The van der Waals surface area contributed by atoms with Gasteiger partial charge >= 0.3 is 0 Å². The van der Waals surface area contributed by atoms with Crippen LogP contribution in [0.25, 0.3) is 0 Å². The Balaban J connectivity index is 2.10. The third kappa shape index (κ3) is 4.43. The quantitative estimate of drug-likeness (QED) is 0.738. The Morgan fingerprint density at radius 3 is 2.36 bits per heavy atom. The summed E-state index contributed by atoms with van der Waals surface area (Å²) in [6, 6.07) is 0.272. The molecule has 84 valence electrons. The van der Waals surface area contributed by atoms with Crippen molar-refractivity contribution in [2.24, 2.45) is 17.6 Å². The fraction of sp³-hybridized carbons (Fsp3) is 1.00. The number of ether oxygens (including phenoxy) is 1. The van der Waals surface area contributed by atoms with Crippen LogP contribution in [0.15, 0.2) is 0 Å². The Labute approximate surface area is 88.2 Å². The van der Waals surface area contributed by atoms with Gasteiger partial charge in [-0.2, -0.15) is 0 Å². The molecule has 0 saturated heterocycles. The molecule has 2 N–H and O–H groups in total. The molecule has 0 radical (unpaired) electrons. The third-order valence-corrected chi connectivity index (χ3v) is 3.02. The summed E-state index contributed by atoms with van der Waals surface area (Å²) in [7, 11) is 0. The second-order valence-corrected chi connectivity index (χ2v) is 4.99. The van der Waals surface area contributed by atoms with E-state index in [2.05, 4.69) is 13.8 Å². The van der Waals surface area contributed by atoms with Gasteiger partial charge in [0.2, 0.25) is 0 Å². The molecule has 14 heavy (non-hydrogen) atoms. The first-order valence-corrected chi connectivity index (χ1v) is 6.03. The second-order valence-electron chi connectivity index (χ2n) is 4.99. The van der Waals surface area contributed by atoms with Gasteiger partial charge < -0.3 is 10.5 Å². The molecule has 1 fully saturated rings. The standard InChI is InChI=1S/C12H25NO/c1-10(2)8-14-9-12(13)11-6-4-3-5-7-11/h10-12H,3-9,13H2,1-2H3. The summed E-state index contributed by atoms with van der Waals surface area (Å²) in [6.07, 6.45) is 6.75. The number of nitrogens with two attached hydrogens (primary N) is 1. The number of hydrogen-bond acceptors (Lipinski definition) is 2. The van der Waals surface area contributed by atoms with Gasteiger partial charge in [-0.15, -0.1) is 0 Å². The maximum Gasteiger partial charge on any atom is 0.0620 e. The highest BCUT2D eigenvalue weighted by Crippen LogP contribution is 2.25. The molecule has 0 heterocycles. The van der Waals surface area contributed by atoms with Crippen LogP contribution in [-0.2, 0) is 4.74 Å². The lowest BCUT2D eigenvalue weighted by molar-refractivity contribution is 0.0794. The van der Waals surface area contributed by atoms with E-state index in [1.807, 2.05) is 0 Å². The highest BCUT2D eigenvalue weighted by Gasteiger charge is 2.20. The normalized spacial score (nSPS) is 21.4. The molecular formula is C12H25NO. The van der Waals surface area contributed by atoms with Crippen molar-refractivity contribution in [3.8, 4) is 0 Å². The number of hydrogen-bond donors (Lipinski definition) is 1. The van der Waals surface area contributed by atoms with Gasteiger partial charge in [0.25, 0.3) is 0 Å². The first kappa shape index (κ1) is 12.0. The van der Waals surface area contributed by atoms with E-state index in [4.69, 9.17) is 10.5 Å². The molecular weight excluding hydrogens is 174 g/mol. The summed E-state index contributed by atoms with van der Waals surface area (Å²) in [6.45, 7) is 5.95. The summed E-state index contributed by atoms with van der Waals surface area (Å²) in [5.74, 6) is 1.34. The molecule has 0 bridgehead atoms. The van der Waals surface area contributed by atoms with E-state index in [1.54, 1.807) is 0 Å². The molecule has 0 spiro atoms. The minimum absolute atomic E-state index is 0.272. The Morgan fingerprint density at radius 1 is 1.14 bits per heavy atom. The summed E-state index contributed by atoms with van der Waals surface area (Å²) in [4.78, 5) is 0. The molecule has 1 aliphatic rings. The molecule has 2 nitrogen and oxygen atoms in total. The maximum absolute atomic E-state index is 6.11. The van der Waals surface area contributed by atoms with Crippen molar-refractivity contribution in [1.82, 2.24) is 0 Å². The van der Waals surface area contributed by atoms with Crippen molar-refractivity contribution in [3.05, 3.63) is 0 Å². The average Bonchev–Trinajstić information content (AvgIpc) is 2.18. The largest absolute Gasteiger partial charge is 0.380 e. The average molecular weight is 199 g/mol. The predicted molar refractivity (Wildman–Crippen MR) is 60.2 cm³/mol. The van der Waals surface area contributed by atoms with Crippen LogP contribution in [0.5, 0.6) is 0 Å². The lowest BCUT2D eigenvalue weighted by Crippen LogP contribution is -2.36. The van der Waals surface area contributed by atoms with Gasteiger partial charge in [0.15, 0.2) is 0 Å². The summed E-state index contributed by atoms with van der Waals surface area (Å²) in [5, 5.41) is 0.